The van der Waals surface area contributed by atoms with Crippen molar-refractivity contribution in [2.24, 2.45) is 0 Å². The van der Waals surface area contributed by atoms with Crippen LogP contribution in [0, 0.1) is 11.3 Å². The van der Waals surface area contributed by atoms with Crippen LogP contribution in [0.1, 0.15) is 11.1 Å². The van der Waals surface area contributed by atoms with Gasteiger partial charge in [0, 0.05) is 24.7 Å². The van der Waals surface area contributed by atoms with Crippen LogP contribution >= 0.6 is 0 Å². The summed E-state index contributed by atoms with van der Waals surface area (Å²) in [5.41, 5.74) is 9.03. The zero-order valence-electron chi connectivity index (χ0n) is 12.3. The molecule has 0 saturated heterocycles. The molecule has 4 heteroatoms. The number of nitrogens with zero attached hydrogens (tertiary/aromatic N) is 3. The molecule has 0 amide bonds. The fraction of sp³-hybridized carbons (Fsp3) is 0.111. The van der Waals surface area contributed by atoms with Crippen molar-refractivity contribution in [1.29, 1.82) is 5.26 Å². The second-order valence-electron chi connectivity index (χ2n) is 5.27. The van der Waals surface area contributed by atoms with Gasteiger partial charge in [-0.2, -0.15) is 5.26 Å². The lowest BCUT2D eigenvalue weighted by atomic mass is 10.1. The van der Waals surface area contributed by atoms with Crippen molar-refractivity contribution in [3.8, 4) is 6.07 Å². The van der Waals surface area contributed by atoms with Gasteiger partial charge >= 0.3 is 0 Å². The molecule has 0 radical (unpaired) electrons. The number of nitrogens with two attached hydrogens (primary N) is 1. The Bertz CT molecular complexity index is 850. The quantitative estimate of drug-likeness (QED) is 0.751. The van der Waals surface area contributed by atoms with Crippen molar-refractivity contribution in [3.05, 3.63) is 65.7 Å². The van der Waals surface area contributed by atoms with Gasteiger partial charge in [-0.25, -0.2) is 4.98 Å². The third kappa shape index (κ3) is 2.70. The largest absolute Gasteiger partial charge is 0.399 e. The number of fused-ring (bicyclic) bond motifs is 1. The second-order valence-corrected chi connectivity index (χ2v) is 5.27. The summed E-state index contributed by atoms with van der Waals surface area (Å²) in [5, 5.41) is 10.3. The molecule has 0 spiro atoms. The molecule has 0 bridgehead atoms. The topological polar surface area (TPSA) is 65.9 Å². The minimum Gasteiger partial charge on any atom is -0.399 e. The molecular weight excluding hydrogens is 272 g/mol. The van der Waals surface area contributed by atoms with Crippen molar-refractivity contribution in [2.45, 2.75) is 6.54 Å². The van der Waals surface area contributed by atoms with Crippen LogP contribution < -0.4 is 10.6 Å². The number of pyridine rings is 1. The molecule has 4 nitrogen and oxygen atoms in total. The van der Waals surface area contributed by atoms with E-state index in [1.807, 2.05) is 54.4 Å². The van der Waals surface area contributed by atoms with Gasteiger partial charge in [0.05, 0.1) is 11.1 Å². The Hall–Kier alpha value is -3.06. The zero-order valence-corrected chi connectivity index (χ0v) is 12.3. The van der Waals surface area contributed by atoms with Gasteiger partial charge in [-0.1, -0.05) is 30.3 Å². The van der Waals surface area contributed by atoms with Crippen LogP contribution in [0.4, 0.5) is 11.5 Å². The first-order valence-electron chi connectivity index (χ1n) is 7.03. The average Bonchev–Trinajstić information content (AvgIpc) is 2.54. The maximum atomic E-state index is 9.41. The van der Waals surface area contributed by atoms with Crippen molar-refractivity contribution < 1.29 is 0 Å². The number of hydrogen-bond acceptors (Lipinski definition) is 4. The number of rotatable bonds is 3. The van der Waals surface area contributed by atoms with Crippen molar-refractivity contribution >= 4 is 22.4 Å². The first-order chi connectivity index (χ1) is 10.7. The van der Waals surface area contributed by atoms with Gasteiger partial charge in [0.2, 0.25) is 0 Å². The van der Waals surface area contributed by atoms with E-state index in [1.165, 1.54) is 5.56 Å². The molecule has 0 fully saturated rings. The van der Waals surface area contributed by atoms with Crippen LogP contribution in [0.15, 0.2) is 54.6 Å². The van der Waals surface area contributed by atoms with Gasteiger partial charge < -0.3 is 10.6 Å². The van der Waals surface area contributed by atoms with E-state index in [0.29, 0.717) is 23.6 Å². The number of benzene rings is 2. The number of aromatic nitrogens is 1. The summed E-state index contributed by atoms with van der Waals surface area (Å²) >= 11 is 0. The Labute approximate surface area is 129 Å². The Morgan fingerprint density at radius 3 is 2.64 bits per heavy atom. The lowest BCUT2D eigenvalue weighted by molar-refractivity contribution is 0.900. The molecule has 2 aromatic carbocycles. The van der Waals surface area contributed by atoms with Crippen molar-refractivity contribution in [2.75, 3.05) is 17.7 Å². The van der Waals surface area contributed by atoms with E-state index in [1.54, 1.807) is 0 Å². The van der Waals surface area contributed by atoms with Crippen LogP contribution in [-0.4, -0.2) is 12.0 Å². The van der Waals surface area contributed by atoms with Gasteiger partial charge in [-0.3, -0.25) is 0 Å². The molecule has 0 unspecified atom stereocenters. The monoisotopic (exact) mass is 288 g/mol. The predicted molar refractivity (Wildman–Crippen MR) is 89.4 cm³/mol. The van der Waals surface area contributed by atoms with Crippen LogP contribution in [0.5, 0.6) is 0 Å². The molecule has 0 aliphatic heterocycles. The molecule has 0 saturated carbocycles. The van der Waals surface area contributed by atoms with E-state index >= 15 is 0 Å². The molecule has 3 rings (SSSR count). The molecule has 1 heterocycles. The van der Waals surface area contributed by atoms with Gasteiger partial charge in [0.1, 0.15) is 11.9 Å². The molecule has 2 N–H and O–H groups in total. The van der Waals surface area contributed by atoms with Crippen molar-refractivity contribution in [3.63, 3.8) is 0 Å². The zero-order chi connectivity index (χ0) is 15.5. The maximum Gasteiger partial charge on any atom is 0.147 e. The van der Waals surface area contributed by atoms with Gasteiger partial charge in [0.25, 0.3) is 0 Å². The Morgan fingerprint density at radius 1 is 1.14 bits per heavy atom. The highest BCUT2D eigenvalue weighted by atomic mass is 15.2. The number of anilines is 2. The molecule has 3 aromatic rings. The molecule has 0 atom stereocenters. The highest BCUT2D eigenvalue weighted by molar-refractivity contribution is 5.85. The lowest BCUT2D eigenvalue weighted by Crippen LogP contribution is -2.19. The normalized spacial score (nSPS) is 10.4. The number of nitriles is 1. The van der Waals surface area contributed by atoms with Gasteiger partial charge in [-0.05, 0) is 29.8 Å². The third-order valence-electron chi connectivity index (χ3n) is 3.56. The standard InChI is InChI=1S/C18H16N4/c1-22(12-13-5-3-2-4-6-13)18-15(11-19)9-14-10-16(20)7-8-17(14)21-18/h2-10H,12,20H2,1H3. The van der Waals surface area contributed by atoms with Crippen LogP contribution in [-0.2, 0) is 6.54 Å². The summed E-state index contributed by atoms with van der Waals surface area (Å²) in [5.74, 6) is 0.684. The van der Waals surface area contributed by atoms with Crippen LogP contribution in [0.3, 0.4) is 0 Å². The predicted octanol–water partition coefficient (Wildman–Crippen LogP) is 3.33. The maximum absolute atomic E-state index is 9.41. The van der Waals surface area contributed by atoms with Crippen LogP contribution in [0.25, 0.3) is 10.9 Å². The first-order valence-corrected chi connectivity index (χ1v) is 7.03. The Balaban J connectivity index is 2.02. The van der Waals surface area contributed by atoms with E-state index in [-0.39, 0.29) is 0 Å². The van der Waals surface area contributed by atoms with Crippen LogP contribution in [0.2, 0.25) is 0 Å². The summed E-state index contributed by atoms with van der Waals surface area (Å²) in [6.07, 6.45) is 0. The van der Waals surface area contributed by atoms with Gasteiger partial charge in [0.15, 0.2) is 0 Å². The lowest BCUT2D eigenvalue weighted by Gasteiger charge is -2.20. The molecule has 22 heavy (non-hydrogen) atoms. The van der Waals surface area contributed by atoms with Crippen molar-refractivity contribution in [1.82, 2.24) is 4.98 Å². The Kier molecular flexibility index (Phi) is 3.63. The van der Waals surface area contributed by atoms with E-state index in [0.717, 1.165) is 10.9 Å². The smallest absolute Gasteiger partial charge is 0.147 e. The first kappa shape index (κ1) is 13.9. The summed E-state index contributed by atoms with van der Waals surface area (Å²) in [4.78, 5) is 6.62. The molecule has 0 aliphatic carbocycles. The summed E-state index contributed by atoms with van der Waals surface area (Å²) < 4.78 is 0. The molecular formula is C18H16N4. The second kappa shape index (κ2) is 5.74. The minimum absolute atomic E-state index is 0.552. The summed E-state index contributed by atoms with van der Waals surface area (Å²) in [6, 6.07) is 19.7. The van der Waals surface area contributed by atoms with E-state index in [4.69, 9.17) is 5.73 Å². The molecule has 108 valence electrons. The highest BCUT2D eigenvalue weighted by Crippen LogP contribution is 2.24. The average molecular weight is 288 g/mol. The molecule has 1 aromatic heterocycles. The third-order valence-corrected chi connectivity index (χ3v) is 3.56. The summed E-state index contributed by atoms with van der Waals surface area (Å²) in [6.45, 7) is 0.697. The van der Waals surface area contributed by atoms with Gasteiger partial charge in [-0.15, -0.1) is 0 Å². The SMILES string of the molecule is CN(Cc1ccccc1)c1nc2ccc(N)cc2cc1C#N. The fourth-order valence-electron chi connectivity index (χ4n) is 2.49. The van der Waals surface area contributed by atoms with E-state index in [9.17, 15) is 5.26 Å². The fourth-order valence-corrected chi connectivity index (χ4v) is 2.49. The number of nitrogen functional groups attached to an aromatic ring is 1. The molecule has 0 aliphatic rings. The van der Waals surface area contributed by atoms with E-state index < -0.39 is 0 Å². The summed E-state index contributed by atoms with van der Waals surface area (Å²) in [7, 11) is 1.94. The van der Waals surface area contributed by atoms with E-state index in [2.05, 4.69) is 23.2 Å². The number of hydrogen-bond donors (Lipinski definition) is 1. The minimum atomic E-state index is 0.552. The highest BCUT2D eigenvalue weighted by Gasteiger charge is 2.11. The Morgan fingerprint density at radius 2 is 1.91 bits per heavy atom.